The summed E-state index contributed by atoms with van der Waals surface area (Å²) in [5.41, 5.74) is 0.0906. The number of amides is 2. The lowest BCUT2D eigenvalue weighted by Gasteiger charge is -2.20. The van der Waals surface area contributed by atoms with Crippen LogP contribution in [0.15, 0.2) is 48.5 Å². The van der Waals surface area contributed by atoms with Crippen molar-refractivity contribution in [1.82, 2.24) is 9.55 Å². The van der Waals surface area contributed by atoms with Crippen molar-refractivity contribution in [2.24, 2.45) is 0 Å². The molecule has 1 unspecified atom stereocenters. The van der Waals surface area contributed by atoms with Gasteiger partial charge in [-0.05, 0) is 31.2 Å². The molecule has 4 rings (SSSR count). The van der Waals surface area contributed by atoms with E-state index in [1.807, 2.05) is 35.8 Å². The molecular formula is C20H17F3N4O2. The van der Waals surface area contributed by atoms with Gasteiger partial charge in [-0.3, -0.25) is 9.59 Å². The van der Waals surface area contributed by atoms with Crippen LogP contribution in [0.25, 0.3) is 11.0 Å². The largest absolute Gasteiger partial charge is 0.418 e. The molecular weight excluding hydrogens is 385 g/mol. The molecule has 3 aromatic rings. The van der Waals surface area contributed by atoms with Gasteiger partial charge in [0.25, 0.3) is 5.91 Å². The lowest BCUT2D eigenvalue weighted by Crippen LogP contribution is -2.36. The average Bonchev–Trinajstić information content (AvgIpc) is 3.17. The number of para-hydroxylation sites is 3. The second kappa shape index (κ2) is 6.91. The molecule has 1 aliphatic rings. The number of fused-ring (bicyclic) bond motifs is 1. The Labute approximate surface area is 163 Å². The molecule has 9 heteroatoms. The minimum absolute atomic E-state index is 0.252. The van der Waals surface area contributed by atoms with Gasteiger partial charge in [0.15, 0.2) is 0 Å². The van der Waals surface area contributed by atoms with Gasteiger partial charge < -0.3 is 9.88 Å². The van der Waals surface area contributed by atoms with Crippen LogP contribution in [-0.2, 0) is 22.3 Å². The number of nitrogens with zero attached hydrogens (tertiary/aromatic N) is 3. The Balaban J connectivity index is 1.67. The summed E-state index contributed by atoms with van der Waals surface area (Å²) < 4.78 is 41.9. The summed E-state index contributed by atoms with van der Waals surface area (Å²) >= 11 is 0. The first-order valence-electron chi connectivity index (χ1n) is 9.06. The number of carbonyl (C=O) groups excluding carboxylic acids is 2. The summed E-state index contributed by atoms with van der Waals surface area (Å²) in [6.07, 6.45) is -4.93. The highest BCUT2D eigenvalue weighted by molar-refractivity contribution is 6.23. The number of hydrogen-bond acceptors (Lipinski definition) is 4. The fourth-order valence-electron chi connectivity index (χ4n) is 3.57. The van der Waals surface area contributed by atoms with Crippen molar-refractivity contribution in [3.63, 3.8) is 0 Å². The highest BCUT2D eigenvalue weighted by Crippen LogP contribution is 2.38. The van der Waals surface area contributed by atoms with E-state index < -0.39 is 35.3 Å². The number of hydrogen-bond donors (Lipinski definition) is 1. The molecule has 1 atom stereocenters. The zero-order valence-electron chi connectivity index (χ0n) is 15.4. The maximum absolute atomic E-state index is 13.3. The van der Waals surface area contributed by atoms with Crippen molar-refractivity contribution in [3.8, 4) is 0 Å². The first-order valence-corrected chi connectivity index (χ1v) is 9.06. The van der Waals surface area contributed by atoms with Crippen LogP contribution in [-0.4, -0.2) is 27.4 Å². The smallest absolute Gasteiger partial charge is 0.343 e. The molecule has 6 nitrogen and oxygen atoms in total. The maximum atomic E-state index is 13.3. The topological polar surface area (TPSA) is 67.2 Å². The molecule has 1 aliphatic heterocycles. The van der Waals surface area contributed by atoms with Gasteiger partial charge in [0.05, 0.1) is 28.7 Å². The maximum Gasteiger partial charge on any atom is 0.418 e. The number of imide groups is 1. The third-order valence-electron chi connectivity index (χ3n) is 4.87. The van der Waals surface area contributed by atoms with E-state index in [9.17, 15) is 22.8 Å². The van der Waals surface area contributed by atoms with Gasteiger partial charge in [-0.25, -0.2) is 9.88 Å². The van der Waals surface area contributed by atoms with E-state index in [1.54, 1.807) is 0 Å². The Morgan fingerprint density at radius 2 is 1.79 bits per heavy atom. The molecule has 150 valence electrons. The Bertz CT molecular complexity index is 1110. The molecule has 0 saturated carbocycles. The summed E-state index contributed by atoms with van der Waals surface area (Å²) in [7, 11) is 0. The van der Waals surface area contributed by atoms with Gasteiger partial charge >= 0.3 is 6.18 Å². The second-order valence-corrected chi connectivity index (χ2v) is 6.65. The number of benzene rings is 2. The quantitative estimate of drug-likeness (QED) is 0.674. The van der Waals surface area contributed by atoms with Crippen LogP contribution >= 0.6 is 0 Å². The molecule has 2 heterocycles. The minimum atomic E-state index is -4.68. The zero-order chi connectivity index (χ0) is 20.8. The predicted molar refractivity (Wildman–Crippen MR) is 101 cm³/mol. The van der Waals surface area contributed by atoms with Gasteiger partial charge in [-0.2, -0.15) is 13.2 Å². The zero-order valence-corrected chi connectivity index (χ0v) is 15.4. The third kappa shape index (κ3) is 3.22. The first-order chi connectivity index (χ1) is 13.8. The average molecular weight is 402 g/mol. The van der Waals surface area contributed by atoms with Gasteiger partial charge in [-0.15, -0.1) is 0 Å². The minimum Gasteiger partial charge on any atom is -0.343 e. The summed E-state index contributed by atoms with van der Waals surface area (Å²) in [5, 5.41) is 2.95. The fourth-order valence-corrected chi connectivity index (χ4v) is 3.57. The van der Waals surface area contributed by atoms with Gasteiger partial charge in [0.1, 0.15) is 6.04 Å². The summed E-state index contributed by atoms with van der Waals surface area (Å²) in [5.74, 6) is -1.03. The standard InChI is InChI=1S/C20H17F3N4O2/c1-2-26-16-10-6-4-8-13(16)24-19(26)25-14-11-17(28)27(18(14)29)15-9-5-3-7-12(15)20(21,22)23/h3-10,14H,2,11H2,1H3,(H,24,25). The van der Waals surface area contributed by atoms with Crippen LogP contribution in [0.2, 0.25) is 0 Å². The Morgan fingerprint density at radius 3 is 2.52 bits per heavy atom. The van der Waals surface area contributed by atoms with E-state index in [0.29, 0.717) is 22.9 Å². The van der Waals surface area contributed by atoms with Crippen LogP contribution in [0.3, 0.4) is 0 Å². The molecule has 0 aliphatic carbocycles. The molecule has 0 spiro atoms. The van der Waals surface area contributed by atoms with E-state index in [-0.39, 0.29) is 6.42 Å². The number of carbonyl (C=O) groups is 2. The van der Waals surface area contributed by atoms with Crippen molar-refractivity contribution < 1.29 is 22.8 Å². The predicted octanol–water partition coefficient (Wildman–Crippen LogP) is 3.82. The highest BCUT2D eigenvalue weighted by atomic mass is 19.4. The molecule has 0 radical (unpaired) electrons. The molecule has 2 amide bonds. The third-order valence-corrected chi connectivity index (χ3v) is 4.87. The molecule has 2 aromatic carbocycles. The number of aryl methyl sites for hydroxylation is 1. The number of alkyl halides is 3. The normalized spacial score (nSPS) is 17.4. The van der Waals surface area contributed by atoms with Crippen molar-refractivity contribution >= 4 is 34.5 Å². The highest BCUT2D eigenvalue weighted by Gasteiger charge is 2.44. The van der Waals surface area contributed by atoms with E-state index in [0.717, 1.165) is 17.6 Å². The molecule has 29 heavy (non-hydrogen) atoms. The molecule has 1 N–H and O–H groups in total. The van der Waals surface area contributed by atoms with Crippen molar-refractivity contribution in [3.05, 3.63) is 54.1 Å². The number of imidazole rings is 1. The van der Waals surface area contributed by atoms with Crippen molar-refractivity contribution in [2.45, 2.75) is 32.1 Å². The lowest BCUT2D eigenvalue weighted by atomic mass is 10.1. The number of aromatic nitrogens is 2. The first kappa shape index (κ1) is 19.0. The Hall–Kier alpha value is -3.36. The van der Waals surface area contributed by atoms with Gasteiger partial charge in [-0.1, -0.05) is 24.3 Å². The second-order valence-electron chi connectivity index (χ2n) is 6.65. The number of anilines is 2. The number of nitrogens with one attached hydrogen (secondary N) is 1. The van der Waals surface area contributed by atoms with Crippen LogP contribution in [0.1, 0.15) is 18.9 Å². The van der Waals surface area contributed by atoms with Crippen molar-refractivity contribution in [2.75, 3.05) is 10.2 Å². The Kier molecular flexibility index (Phi) is 4.52. The summed E-state index contributed by atoms with van der Waals surface area (Å²) in [4.78, 5) is 30.4. The van der Waals surface area contributed by atoms with E-state index in [2.05, 4.69) is 10.3 Å². The number of rotatable bonds is 4. The Morgan fingerprint density at radius 1 is 1.10 bits per heavy atom. The van der Waals surface area contributed by atoms with Crippen LogP contribution in [0, 0.1) is 0 Å². The monoisotopic (exact) mass is 402 g/mol. The molecule has 0 bridgehead atoms. The SMILES string of the molecule is CCn1c(NC2CC(=O)N(c3ccccc3C(F)(F)F)C2=O)nc2ccccc21. The van der Waals surface area contributed by atoms with E-state index in [1.165, 1.54) is 12.1 Å². The molecule has 1 saturated heterocycles. The van der Waals surface area contributed by atoms with Crippen molar-refractivity contribution in [1.29, 1.82) is 0 Å². The van der Waals surface area contributed by atoms with Crippen LogP contribution in [0.4, 0.5) is 24.8 Å². The molecule has 1 aromatic heterocycles. The van der Waals surface area contributed by atoms with Crippen LogP contribution < -0.4 is 10.2 Å². The van der Waals surface area contributed by atoms with E-state index >= 15 is 0 Å². The summed E-state index contributed by atoms with van der Waals surface area (Å²) in [6, 6.07) is 11.0. The summed E-state index contributed by atoms with van der Waals surface area (Å²) in [6.45, 7) is 2.48. The fraction of sp³-hybridized carbons (Fsp3) is 0.250. The molecule has 1 fully saturated rings. The lowest BCUT2D eigenvalue weighted by molar-refractivity contribution is -0.137. The van der Waals surface area contributed by atoms with Crippen LogP contribution in [0.5, 0.6) is 0 Å². The number of halogens is 3. The van der Waals surface area contributed by atoms with Gasteiger partial charge in [0, 0.05) is 6.54 Å². The van der Waals surface area contributed by atoms with E-state index in [4.69, 9.17) is 0 Å². The van der Waals surface area contributed by atoms with Gasteiger partial charge in [0.2, 0.25) is 11.9 Å².